The summed E-state index contributed by atoms with van der Waals surface area (Å²) >= 11 is 0. The van der Waals surface area contributed by atoms with Crippen LogP contribution in [0.2, 0.25) is 0 Å². The first kappa shape index (κ1) is 17.7. The average molecular weight is 307 g/mol. The van der Waals surface area contributed by atoms with E-state index in [1.807, 2.05) is 11.8 Å². The molecule has 0 aromatic rings. The number of halogens is 1. The quantitative estimate of drug-likeness (QED) is 0.851. The number of nitrogens with zero attached hydrogens (tertiary/aromatic N) is 1. The summed E-state index contributed by atoms with van der Waals surface area (Å²) in [6, 6.07) is 0. The molecule has 118 valence electrons. The molecule has 0 aromatic carbocycles. The Balaban J connectivity index is 0.00000200. The lowest BCUT2D eigenvalue weighted by atomic mass is 9.90. The van der Waals surface area contributed by atoms with Gasteiger partial charge >= 0.3 is 0 Å². The zero-order chi connectivity index (χ0) is 13.9. The van der Waals surface area contributed by atoms with Gasteiger partial charge in [-0.3, -0.25) is 4.79 Å². The summed E-state index contributed by atoms with van der Waals surface area (Å²) in [6.45, 7) is 7.19. The number of amides is 1. The molecule has 0 radical (unpaired) electrons. The van der Waals surface area contributed by atoms with E-state index in [1.165, 1.54) is 0 Å². The minimum absolute atomic E-state index is 0. The van der Waals surface area contributed by atoms with Gasteiger partial charge in [0.05, 0.1) is 12.2 Å². The molecule has 2 rings (SSSR count). The van der Waals surface area contributed by atoms with Gasteiger partial charge in [-0.25, -0.2) is 0 Å². The molecule has 2 heterocycles. The van der Waals surface area contributed by atoms with E-state index in [0.717, 1.165) is 32.4 Å². The molecular weight excluding hydrogens is 280 g/mol. The molecule has 20 heavy (non-hydrogen) atoms. The fourth-order valence-electron chi connectivity index (χ4n) is 3.06. The van der Waals surface area contributed by atoms with Gasteiger partial charge in [0, 0.05) is 20.2 Å². The topological polar surface area (TPSA) is 50.8 Å². The van der Waals surface area contributed by atoms with Gasteiger partial charge in [0.15, 0.2) is 0 Å². The van der Waals surface area contributed by atoms with Crippen molar-refractivity contribution in [2.45, 2.75) is 50.9 Å². The minimum atomic E-state index is -0.624. The molecule has 2 atom stereocenters. The van der Waals surface area contributed by atoms with Crippen LogP contribution in [0.15, 0.2) is 0 Å². The zero-order valence-electron chi connectivity index (χ0n) is 12.7. The molecule has 5 nitrogen and oxygen atoms in total. The molecule has 2 unspecified atom stereocenters. The first-order chi connectivity index (χ1) is 9.11. The van der Waals surface area contributed by atoms with E-state index in [2.05, 4.69) is 12.2 Å². The first-order valence-corrected chi connectivity index (χ1v) is 7.32. The van der Waals surface area contributed by atoms with Crippen molar-refractivity contribution in [2.24, 2.45) is 0 Å². The van der Waals surface area contributed by atoms with Crippen LogP contribution in [0, 0.1) is 0 Å². The van der Waals surface area contributed by atoms with Crippen LogP contribution in [0.3, 0.4) is 0 Å². The third-order valence-corrected chi connectivity index (χ3v) is 4.26. The maximum absolute atomic E-state index is 12.8. The second kappa shape index (κ2) is 7.59. The molecule has 1 amide bonds. The third kappa shape index (κ3) is 3.64. The van der Waals surface area contributed by atoms with Gasteiger partial charge < -0.3 is 19.7 Å². The highest BCUT2D eigenvalue weighted by Crippen LogP contribution is 2.27. The Morgan fingerprint density at radius 2 is 2.05 bits per heavy atom. The van der Waals surface area contributed by atoms with Crippen molar-refractivity contribution >= 4 is 18.3 Å². The van der Waals surface area contributed by atoms with Crippen molar-refractivity contribution in [3.8, 4) is 0 Å². The van der Waals surface area contributed by atoms with Gasteiger partial charge in [0.2, 0.25) is 0 Å². The monoisotopic (exact) mass is 306 g/mol. The number of piperidine rings is 1. The minimum Gasteiger partial charge on any atom is -0.372 e. The number of morpholine rings is 1. The van der Waals surface area contributed by atoms with Crippen LogP contribution in [-0.4, -0.2) is 61.9 Å². The Morgan fingerprint density at radius 3 is 2.60 bits per heavy atom. The first-order valence-electron chi connectivity index (χ1n) is 7.32. The van der Waals surface area contributed by atoms with Crippen LogP contribution in [0.25, 0.3) is 0 Å². The molecule has 0 aromatic heterocycles. The van der Waals surface area contributed by atoms with Crippen molar-refractivity contribution < 1.29 is 14.3 Å². The molecule has 6 heteroatoms. The van der Waals surface area contributed by atoms with E-state index in [-0.39, 0.29) is 30.5 Å². The SMILES string of the molecule is CCC1CN(C(=O)C2(OC)CCNCC2)CC(C)O1.Cl. The summed E-state index contributed by atoms with van der Waals surface area (Å²) in [4.78, 5) is 14.8. The van der Waals surface area contributed by atoms with E-state index in [0.29, 0.717) is 13.1 Å². The molecule has 0 spiro atoms. The van der Waals surface area contributed by atoms with E-state index < -0.39 is 5.60 Å². The van der Waals surface area contributed by atoms with Gasteiger partial charge in [0.1, 0.15) is 5.60 Å². The Kier molecular flexibility index (Phi) is 6.72. The fourth-order valence-corrected chi connectivity index (χ4v) is 3.06. The molecule has 0 saturated carbocycles. The number of nitrogens with one attached hydrogen (secondary N) is 1. The van der Waals surface area contributed by atoms with Crippen molar-refractivity contribution in [3.63, 3.8) is 0 Å². The number of hydrogen-bond acceptors (Lipinski definition) is 4. The van der Waals surface area contributed by atoms with Gasteiger partial charge in [-0.2, -0.15) is 0 Å². The second-order valence-corrected chi connectivity index (χ2v) is 5.64. The molecule has 0 aliphatic carbocycles. The lowest BCUT2D eigenvalue weighted by molar-refractivity contribution is -0.169. The lowest BCUT2D eigenvalue weighted by Crippen LogP contribution is -2.59. The molecule has 0 bridgehead atoms. The average Bonchev–Trinajstić information content (AvgIpc) is 2.46. The largest absolute Gasteiger partial charge is 0.372 e. The van der Waals surface area contributed by atoms with Crippen LogP contribution < -0.4 is 5.32 Å². The van der Waals surface area contributed by atoms with Crippen LogP contribution >= 0.6 is 12.4 Å². The van der Waals surface area contributed by atoms with Crippen LogP contribution in [0.1, 0.15) is 33.1 Å². The maximum atomic E-state index is 12.8. The standard InChI is InChI=1S/C14H26N2O3.ClH/c1-4-12-10-16(9-11(2)19-12)13(17)14(18-3)5-7-15-8-6-14;/h11-12,15H,4-10H2,1-3H3;1H. The Hall–Kier alpha value is -0.360. The van der Waals surface area contributed by atoms with E-state index in [9.17, 15) is 4.79 Å². The van der Waals surface area contributed by atoms with Gasteiger partial charge in [0.25, 0.3) is 5.91 Å². The van der Waals surface area contributed by atoms with Gasteiger partial charge in [-0.15, -0.1) is 12.4 Å². The molecular formula is C14H27ClN2O3. The molecule has 2 aliphatic rings. The summed E-state index contributed by atoms with van der Waals surface area (Å²) in [5, 5.41) is 3.28. The van der Waals surface area contributed by atoms with Crippen molar-refractivity contribution in [2.75, 3.05) is 33.3 Å². The number of carbonyl (C=O) groups excluding carboxylic acids is 1. The fraction of sp³-hybridized carbons (Fsp3) is 0.929. The Bertz CT molecular complexity index is 322. The van der Waals surface area contributed by atoms with Crippen molar-refractivity contribution in [3.05, 3.63) is 0 Å². The third-order valence-electron chi connectivity index (χ3n) is 4.26. The maximum Gasteiger partial charge on any atom is 0.255 e. The molecule has 1 N–H and O–H groups in total. The number of methoxy groups -OCH3 is 1. The zero-order valence-corrected chi connectivity index (χ0v) is 13.5. The van der Waals surface area contributed by atoms with Gasteiger partial charge in [-0.05, 0) is 39.3 Å². The summed E-state index contributed by atoms with van der Waals surface area (Å²) < 4.78 is 11.4. The summed E-state index contributed by atoms with van der Waals surface area (Å²) in [7, 11) is 1.66. The Morgan fingerprint density at radius 1 is 1.40 bits per heavy atom. The highest BCUT2D eigenvalue weighted by molar-refractivity contribution is 5.86. The van der Waals surface area contributed by atoms with Crippen LogP contribution in [-0.2, 0) is 14.3 Å². The molecule has 2 saturated heterocycles. The highest BCUT2D eigenvalue weighted by atomic mass is 35.5. The van der Waals surface area contributed by atoms with Crippen molar-refractivity contribution in [1.29, 1.82) is 0 Å². The van der Waals surface area contributed by atoms with Crippen LogP contribution in [0.5, 0.6) is 0 Å². The van der Waals surface area contributed by atoms with Crippen molar-refractivity contribution in [1.82, 2.24) is 10.2 Å². The highest BCUT2D eigenvalue weighted by Gasteiger charge is 2.44. The van der Waals surface area contributed by atoms with E-state index in [1.54, 1.807) is 7.11 Å². The summed E-state index contributed by atoms with van der Waals surface area (Å²) in [6.07, 6.45) is 2.72. The summed E-state index contributed by atoms with van der Waals surface area (Å²) in [5.41, 5.74) is -0.624. The number of rotatable bonds is 3. The van der Waals surface area contributed by atoms with E-state index in [4.69, 9.17) is 9.47 Å². The predicted octanol–water partition coefficient (Wildman–Crippen LogP) is 1.20. The number of ether oxygens (including phenoxy) is 2. The number of carbonyl (C=O) groups is 1. The molecule has 2 aliphatic heterocycles. The second-order valence-electron chi connectivity index (χ2n) is 5.64. The molecule has 2 fully saturated rings. The Labute approximate surface area is 127 Å². The summed E-state index contributed by atoms with van der Waals surface area (Å²) in [5.74, 6) is 0.144. The van der Waals surface area contributed by atoms with Gasteiger partial charge in [-0.1, -0.05) is 6.92 Å². The van der Waals surface area contributed by atoms with Crippen LogP contribution in [0.4, 0.5) is 0 Å². The predicted molar refractivity (Wildman–Crippen MR) is 80.3 cm³/mol. The van der Waals surface area contributed by atoms with E-state index >= 15 is 0 Å². The number of hydrogen-bond donors (Lipinski definition) is 1. The smallest absolute Gasteiger partial charge is 0.255 e. The normalized spacial score (nSPS) is 29.6. The lowest BCUT2D eigenvalue weighted by Gasteiger charge is -2.43.